The lowest BCUT2D eigenvalue weighted by molar-refractivity contribution is -0.138. The third-order valence-corrected chi connectivity index (χ3v) is 4.97. The summed E-state index contributed by atoms with van der Waals surface area (Å²) in [6.45, 7) is -0.552. The van der Waals surface area contributed by atoms with Crippen molar-refractivity contribution in [2.24, 2.45) is 0 Å². The lowest BCUT2D eigenvalue weighted by Crippen LogP contribution is -2.14. The highest BCUT2D eigenvalue weighted by atomic mass is 35.5. The molecule has 11 heteroatoms. The van der Waals surface area contributed by atoms with Gasteiger partial charge in [-0.25, -0.2) is 4.79 Å². The summed E-state index contributed by atoms with van der Waals surface area (Å²) < 4.78 is 80.2. The Hall–Kier alpha value is -2.39. The lowest BCUT2D eigenvalue weighted by Gasteiger charge is -2.17. The minimum atomic E-state index is -4.83. The van der Waals surface area contributed by atoms with E-state index in [2.05, 4.69) is 0 Å². The number of fused-ring (bicyclic) bond motifs is 1. The van der Waals surface area contributed by atoms with Crippen LogP contribution in [0.25, 0.3) is 10.9 Å². The Morgan fingerprint density at radius 1 is 1.00 bits per heavy atom. The number of halogens is 8. The largest absolute Gasteiger partial charge is 0.478 e. The van der Waals surface area contributed by atoms with E-state index in [0.717, 1.165) is 12.1 Å². The second-order valence-corrected chi connectivity index (χ2v) is 6.88. The maximum absolute atomic E-state index is 13.4. The van der Waals surface area contributed by atoms with E-state index in [0.29, 0.717) is 12.1 Å². The lowest BCUT2D eigenvalue weighted by atomic mass is 10.0. The molecule has 0 aliphatic rings. The van der Waals surface area contributed by atoms with E-state index < -0.39 is 52.1 Å². The number of rotatable bonds is 3. The molecule has 154 valence electrons. The molecule has 0 aliphatic carbocycles. The number of alkyl halides is 6. The number of aromatic carboxylic acids is 1. The fourth-order valence-corrected chi connectivity index (χ4v) is 3.61. The van der Waals surface area contributed by atoms with E-state index >= 15 is 0 Å². The van der Waals surface area contributed by atoms with Crippen LogP contribution >= 0.6 is 23.2 Å². The summed E-state index contributed by atoms with van der Waals surface area (Å²) in [5, 5.41) is 8.26. The van der Waals surface area contributed by atoms with Crippen LogP contribution in [-0.4, -0.2) is 15.6 Å². The zero-order valence-corrected chi connectivity index (χ0v) is 15.5. The fourth-order valence-electron chi connectivity index (χ4n) is 2.97. The van der Waals surface area contributed by atoms with Gasteiger partial charge in [0.2, 0.25) is 0 Å². The topological polar surface area (TPSA) is 42.2 Å². The van der Waals surface area contributed by atoms with Crippen molar-refractivity contribution in [1.29, 1.82) is 0 Å². The smallest absolute Gasteiger partial charge is 0.416 e. The number of nitrogens with zero attached hydrogens (tertiary/aromatic N) is 1. The van der Waals surface area contributed by atoms with E-state index in [1.165, 1.54) is 16.8 Å². The van der Waals surface area contributed by atoms with Crippen molar-refractivity contribution in [1.82, 2.24) is 4.57 Å². The van der Waals surface area contributed by atoms with Crippen LogP contribution in [0.5, 0.6) is 0 Å². The predicted molar refractivity (Wildman–Crippen MR) is 94.5 cm³/mol. The van der Waals surface area contributed by atoms with E-state index in [1.54, 1.807) is 0 Å². The third kappa shape index (κ3) is 4.02. The van der Waals surface area contributed by atoms with E-state index in [-0.39, 0.29) is 15.9 Å². The molecule has 0 amide bonds. The normalized spacial score (nSPS) is 12.6. The summed E-state index contributed by atoms with van der Waals surface area (Å²) in [4.78, 5) is 11.2. The molecule has 29 heavy (non-hydrogen) atoms. The summed E-state index contributed by atoms with van der Waals surface area (Å²) in [6.07, 6.45) is -8.23. The van der Waals surface area contributed by atoms with E-state index in [1.807, 2.05) is 0 Å². The number of carboxylic acid groups (broad SMARTS) is 1. The van der Waals surface area contributed by atoms with Gasteiger partial charge in [0.15, 0.2) is 0 Å². The van der Waals surface area contributed by atoms with Gasteiger partial charge in [0.05, 0.1) is 32.3 Å². The second-order valence-electron chi connectivity index (χ2n) is 6.09. The molecular weight excluding hydrogens is 447 g/mol. The molecule has 0 fully saturated rings. The SMILES string of the molecule is O=C(O)c1ccc(C(F)(F)F)c(Cn2ccc3cc(C(F)(F)F)cc(Cl)c32)c1Cl. The van der Waals surface area contributed by atoms with Gasteiger partial charge in [-0.3, -0.25) is 0 Å². The van der Waals surface area contributed by atoms with Gasteiger partial charge in [0.1, 0.15) is 0 Å². The van der Waals surface area contributed by atoms with Crippen molar-refractivity contribution in [3.63, 3.8) is 0 Å². The molecule has 0 radical (unpaired) electrons. The average molecular weight is 456 g/mol. The van der Waals surface area contributed by atoms with Gasteiger partial charge in [-0.1, -0.05) is 23.2 Å². The highest BCUT2D eigenvalue weighted by molar-refractivity contribution is 6.35. The minimum absolute atomic E-state index is 0.0592. The zero-order chi connectivity index (χ0) is 21.7. The molecule has 3 rings (SSSR count). The van der Waals surface area contributed by atoms with Crippen LogP contribution in [0.3, 0.4) is 0 Å². The highest BCUT2D eigenvalue weighted by Crippen LogP contribution is 2.39. The Balaban J connectivity index is 2.19. The van der Waals surface area contributed by atoms with Crippen molar-refractivity contribution in [3.8, 4) is 0 Å². The van der Waals surface area contributed by atoms with Crippen molar-refractivity contribution >= 4 is 40.1 Å². The molecule has 3 nitrogen and oxygen atoms in total. The first kappa shape index (κ1) is 21.3. The fraction of sp³-hybridized carbons (Fsp3) is 0.167. The number of hydrogen-bond donors (Lipinski definition) is 1. The molecule has 0 bridgehead atoms. The Bertz CT molecular complexity index is 1120. The van der Waals surface area contributed by atoms with E-state index in [4.69, 9.17) is 28.3 Å². The van der Waals surface area contributed by atoms with Crippen LogP contribution in [0.15, 0.2) is 36.5 Å². The molecule has 1 N–H and O–H groups in total. The Morgan fingerprint density at radius 3 is 2.21 bits per heavy atom. The van der Waals surface area contributed by atoms with E-state index in [9.17, 15) is 31.1 Å². The Kier molecular flexibility index (Phi) is 5.25. The Labute approximate surface area is 169 Å². The van der Waals surface area contributed by atoms with Crippen LogP contribution in [-0.2, 0) is 18.9 Å². The van der Waals surface area contributed by atoms with Crippen LogP contribution in [0, 0.1) is 0 Å². The summed E-state index contributed by atoms with van der Waals surface area (Å²) in [7, 11) is 0. The van der Waals surface area contributed by atoms with Crippen molar-refractivity contribution in [2.45, 2.75) is 18.9 Å². The quantitative estimate of drug-likeness (QED) is 0.444. The number of carbonyl (C=O) groups is 1. The van der Waals surface area contributed by atoms with Gasteiger partial charge in [0.25, 0.3) is 0 Å². The molecule has 0 atom stereocenters. The van der Waals surface area contributed by atoms with Crippen LogP contribution in [0.1, 0.15) is 27.0 Å². The molecule has 1 heterocycles. The first-order valence-corrected chi connectivity index (χ1v) is 8.53. The monoisotopic (exact) mass is 455 g/mol. The maximum Gasteiger partial charge on any atom is 0.416 e. The van der Waals surface area contributed by atoms with Crippen LogP contribution in [0.4, 0.5) is 26.3 Å². The summed E-state index contributed by atoms with van der Waals surface area (Å²) in [6, 6.07) is 4.09. The first-order chi connectivity index (χ1) is 13.3. The Morgan fingerprint density at radius 2 is 1.66 bits per heavy atom. The van der Waals surface area contributed by atoms with Gasteiger partial charge < -0.3 is 9.67 Å². The van der Waals surface area contributed by atoms with Crippen molar-refractivity contribution in [2.75, 3.05) is 0 Å². The molecule has 0 saturated heterocycles. The molecule has 2 aromatic carbocycles. The second kappa shape index (κ2) is 7.14. The maximum atomic E-state index is 13.4. The highest BCUT2D eigenvalue weighted by Gasteiger charge is 2.36. The van der Waals surface area contributed by atoms with Crippen molar-refractivity contribution < 1.29 is 36.2 Å². The van der Waals surface area contributed by atoms with Crippen LogP contribution < -0.4 is 0 Å². The number of hydrogen-bond acceptors (Lipinski definition) is 1. The van der Waals surface area contributed by atoms with Gasteiger partial charge in [-0.15, -0.1) is 0 Å². The molecule has 0 aliphatic heterocycles. The average Bonchev–Trinajstić information content (AvgIpc) is 2.98. The number of carboxylic acids is 1. The zero-order valence-electron chi connectivity index (χ0n) is 14.0. The van der Waals surface area contributed by atoms with Gasteiger partial charge in [-0.2, -0.15) is 26.3 Å². The number of aromatic nitrogens is 1. The molecule has 0 spiro atoms. The van der Waals surface area contributed by atoms with Crippen molar-refractivity contribution in [3.05, 3.63) is 68.8 Å². The predicted octanol–water partition coefficient (Wildman–Crippen LogP) is 6.73. The van der Waals surface area contributed by atoms with Gasteiger partial charge in [-0.05, 0) is 30.3 Å². The minimum Gasteiger partial charge on any atom is -0.478 e. The first-order valence-electron chi connectivity index (χ1n) is 7.78. The molecule has 1 aromatic heterocycles. The molecular formula is C18H9Cl2F6NO2. The summed E-state index contributed by atoms with van der Waals surface area (Å²) in [5.41, 5.74) is -3.17. The summed E-state index contributed by atoms with van der Waals surface area (Å²) in [5.74, 6) is -1.52. The molecule has 0 unspecified atom stereocenters. The van der Waals surface area contributed by atoms with Gasteiger partial charge in [0, 0.05) is 23.7 Å². The molecule has 0 saturated carbocycles. The summed E-state index contributed by atoms with van der Waals surface area (Å²) >= 11 is 11.9. The third-order valence-electron chi connectivity index (χ3n) is 4.25. The molecule has 3 aromatic rings. The van der Waals surface area contributed by atoms with Gasteiger partial charge >= 0.3 is 18.3 Å². The van der Waals surface area contributed by atoms with Crippen LogP contribution in [0.2, 0.25) is 10.0 Å². The standard InChI is InChI=1S/C18H9Cl2F6NO2/c19-13-6-9(17(21,22)23)5-8-3-4-27(15(8)13)7-11-12(18(24,25)26)2-1-10(14(11)20)16(28)29/h1-6H,7H2,(H,28,29). The number of benzene rings is 2.